The Morgan fingerprint density at radius 3 is 2.28 bits per heavy atom. The molecule has 25 heavy (non-hydrogen) atoms. The number of thiocarbonyl (C=S) groups is 1. The summed E-state index contributed by atoms with van der Waals surface area (Å²) in [5, 5.41) is 3.71. The third-order valence-electron chi connectivity index (χ3n) is 5.96. The van der Waals surface area contributed by atoms with Crippen LogP contribution in [-0.2, 0) is 0 Å². The van der Waals surface area contributed by atoms with Crippen LogP contribution < -0.4 is 11.1 Å². The summed E-state index contributed by atoms with van der Waals surface area (Å²) in [6.45, 7) is 6.68. The summed E-state index contributed by atoms with van der Waals surface area (Å²) in [5.41, 5.74) is 8.78. The zero-order chi connectivity index (χ0) is 18.3. The third kappa shape index (κ3) is 5.15. The Morgan fingerprint density at radius 1 is 1.16 bits per heavy atom. The van der Waals surface area contributed by atoms with Gasteiger partial charge in [-0.05, 0) is 63.0 Å². The van der Waals surface area contributed by atoms with Crippen molar-refractivity contribution in [3.8, 4) is 0 Å². The molecule has 0 spiro atoms. The normalized spacial score (nSPS) is 21.8. The van der Waals surface area contributed by atoms with E-state index in [4.69, 9.17) is 18.0 Å². The summed E-state index contributed by atoms with van der Waals surface area (Å²) >= 11 is 5.94. The molecule has 3 N–H and O–H groups in total. The van der Waals surface area contributed by atoms with Gasteiger partial charge in [-0.2, -0.15) is 0 Å². The van der Waals surface area contributed by atoms with E-state index in [0.717, 1.165) is 49.9 Å². The first kappa shape index (κ1) is 20.1. The molecular weight excluding hydrogens is 324 g/mol. The summed E-state index contributed by atoms with van der Waals surface area (Å²) in [5.74, 6) is 0. The minimum atomic E-state index is 0.0343. The first-order valence-corrected chi connectivity index (χ1v) is 10.2. The minimum absolute atomic E-state index is 0.0343. The number of allylic oxidation sites excluding steroid dienone is 2. The Balaban J connectivity index is 2.12. The molecule has 1 aromatic carbocycles. The Morgan fingerprint density at radius 2 is 1.76 bits per heavy atom. The summed E-state index contributed by atoms with van der Waals surface area (Å²) in [6, 6.07) is 11.6. The highest BCUT2D eigenvalue weighted by molar-refractivity contribution is 7.80. The van der Waals surface area contributed by atoms with Crippen LogP contribution in [0, 0.1) is 5.41 Å². The lowest BCUT2D eigenvalue weighted by Gasteiger charge is -2.37. The molecule has 138 valence electrons. The van der Waals surface area contributed by atoms with Crippen LogP contribution in [0.4, 0.5) is 0 Å². The van der Waals surface area contributed by atoms with Gasteiger partial charge in [0, 0.05) is 17.5 Å². The maximum absolute atomic E-state index is 6.05. The van der Waals surface area contributed by atoms with Gasteiger partial charge in [-0.25, -0.2) is 0 Å². The van der Waals surface area contributed by atoms with Gasteiger partial charge in [-0.1, -0.05) is 62.5 Å². The first-order valence-electron chi connectivity index (χ1n) is 9.81. The van der Waals surface area contributed by atoms with Crippen molar-refractivity contribution in [2.24, 2.45) is 11.1 Å². The molecule has 0 atom stereocenters. The summed E-state index contributed by atoms with van der Waals surface area (Å²) in [4.78, 5) is 1.05. The molecule has 0 saturated heterocycles. The topological polar surface area (TPSA) is 38.0 Å². The maximum atomic E-state index is 6.05. The average molecular weight is 359 g/mol. The van der Waals surface area contributed by atoms with Gasteiger partial charge < -0.3 is 11.1 Å². The van der Waals surface area contributed by atoms with Gasteiger partial charge >= 0.3 is 0 Å². The number of rotatable bonds is 7. The summed E-state index contributed by atoms with van der Waals surface area (Å²) < 4.78 is 0. The van der Waals surface area contributed by atoms with Crippen molar-refractivity contribution in [3.63, 3.8) is 0 Å². The van der Waals surface area contributed by atoms with Gasteiger partial charge in [0.1, 0.15) is 0 Å². The SMILES string of the molecule is C/C=C(/CC(CC)(CC)C(=S)NC1CCC(N)CC1)c1ccccc1. The molecule has 0 amide bonds. The quantitative estimate of drug-likeness (QED) is 0.634. The zero-order valence-corrected chi connectivity index (χ0v) is 16.9. The lowest BCUT2D eigenvalue weighted by Crippen LogP contribution is -2.46. The number of hydrogen-bond donors (Lipinski definition) is 2. The molecule has 3 heteroatoms. The largest absolute Gasteiger partial charge is 0.376 e. The van der Waals surface area contributed by atoms with Crippen LogP contribution in [0.25, 0.3) is 5.57 Å². The number of benzene rings is 1. The van der Waals surface area contributed by atoms with E-state index >= 15 is 0 Å². The van der Waals surface area contributed by atoms with Crippen molar-refractivity contribution in [3.05, 3.63) is 42.0 Å². The lowest BCUT2D eigenvalue weighted by molar-refractivity contribution is 0.346. The molecule has 0 bridgehead atoms. The van der Waals surface area contributed by atoms with Crippen LogP contribution in [0.15, 0.2) is 36.4 Å². The van der Waals surface area contributed by atoms with E-state index in [-0.39, 0.29) is 5.41 Å². The molecule has 1 aliphatic rings. The van der Waals surface area contributed by atoms with E-state index in [1.807, 2.05) is 0 Å². The van der Waals surface area contributed by atoms with Crippen molar-refractivity contribution in [2.75, 3.05) is 0 Å². The molecule has 1 aromatic rings. The minimum Gasteiger partial charge on any atom is -0.376 e. The number of nitrogens with one attached hydrogen (secondary N) is 1. The van der Waals surface area contributed by atoms with Crippen molar-refractivity contribution in [1.82, 2.24) is 5.32 Å². The molecule has 0 aromatic heterocycles. The van der Waals surface area contributed by atoms with E-state index in [9.17, 15) is 0 Å². The van der Waals surface area contributed by atoms with E-state index in [0.29, 0.717) is 12.1 Å². The molecule has 1 saturated carbocycles. The Bertz CT molecular complexity index is 567. The number of hydrogen-bond acceptors (Lipinski definition) is 2. The predicted octanol–water partition coefficient (Wildman–Crippen LogP) is 5.47. The van der Waals surface area contributed by atoms with Gasteiger partial charge in [0.2, 0.25) is 0 Å². The molecule has 0 aliphatic heterocycles. The smallest absolute Gasteiger partial charge is 0.0821 e. The molecule has 1 fully saturated rings. The Hall–Kier alpha value is -1.19. The summed E-state index contributed by atoms with van der Waals surface area (Å²) in [6.07, 6.45) is 9.86. The van der Waals surface area contributed by atoms with Crippen molar-refractivity contribution < 1.29 is 0 Å². The Kier molecular flexibility index (Phi) is 7.64. The predicted molar refractivity (Wildman–Crippen MR) is 114 cm³/mol. The van der Waals surface area contributed by atoms with Crippen LogP contribution in [0.5, 0.6) is 0 Å². The maximum Gasteiger partial charge on any atom is 0.0821 e. The van der Waals surface area contributed by atoms with Crippen molar-refractivity contribution in [1.29, 1.82) is 0 Å². The second-order valence-electron chi connectivity index (χ2n) is 7.43. The van der Waals surface area contributed by atoms with Gasteiger partial charge in [0.05, 0.1) is 4.99 Å². The monoisotopic (exact) mass is 358 g/mol. The van der Waals surface area contributed by atoms with Crippen LogP contribution in [-0.4, -0.2) is 17.1 Å². The molecular formula is C22H34N2S. The highest BCUT2D eigenvalue weighted by atomic mass is 32.1. The van der Waals surface area contributed by atoms with Gasteiger partial charge in [0.15, 0.2) is 0 Å². The fourth-order valence-corrected chi connectivity index (χ4v) is 4.42. The molecule has 0 heterocycles. The van der Waals surface area contributed by atoms with Gasteiger partial charge in [-0.3, -0.25) is 0 Å². The summed E-state index contributed by atoms with van der Waals surface area (Å²) in [7, 11) is 0. The fraction of sp³-hybridized carbons (Fsp3) is 0.591. The zero-order valence-electron chi connectivity index (χ0n) is 16.1. The average Bonchev–Trinajstić information content (AvgIpc) is 2.66. The highest BCUT2D eigenvalue weighted by Gasteiger charge is 2.34. The molecule has 2 nitrogen and oxygen atoms in total. The van der Waals surface area contributed by atoms with Crippen molar-refractivity contribution in [2.45, 2.75) is 77.8 Å². The van der Waals surface area contributed by atoms with Crippen LogP contribution in [0.2, 0.25) is 0 Å². The van der Waals surface area contributed by atoms with E-state index in [1.54, 1.807) is 0 Å². The number of nitrogens with two attached hydrogens (primary N) is 1. The highest BCUT2D eigenvalue weighted by Crippen LogP contribution is 2.39. The van der Waals surface area contributed by atoms with Crippen LogP contribution in [0.3, 0.4) is 0 Å². The molecule has 0 radical (unpaired) electrons. The van der Waals surface area contributed by atoms with Crippen LogP contribution >= 0.6 is 12.2 Å². The van der Waals surface area contributed by atoms with Crippen LogP contribution in [0.1, 0.15) is 71.3 Å². The molecule has 0 unspecified atom stereocenters. The van der Waals surface area contributed by atoms with Gasteiger partial charge in [0.25, 0.3) is 0 Å². The van der Waals surface area contributed by atoms with E-state index in [2.05, 4.69) is 62.5 Å². The molecule has 2 rings (SSSR count). The first-order chi connectivity index (χ1) is 12.0. The third-order valence-corrected chi connectivity index (χ3v) is 6.52. The standard InChI is InChI=1S/C22H34N2S/c1-4-17(18-10-8-7-9-11-18)16-22(5-2,6-3)21(25)24-20-14-12-19(23)13-15-20/h4,7-11,19-20H,5-6,12-16,23H2,1-3H3,(H,24,25)/b17-4-. The lowest BCUT2D eigenvalue weighted by atomic mass is 9.74. The molecule has 1 aliphatic carbocycles. The van der Waals surface area contributed by atoms with E-state index in [1.165, 1.54) is 11.1 Å². The second kappa shape index (κ2) is 9.49. The Labute approximate surface area is 159 Å². The second-order valence-corrected chi connectivity index (χ2v) is 7.84. The van der Waals surface area contributed by atoms with Crippen molar-refractivity contribution >= 4 is 22.8 Å². The van der Waals surface area contributed by atoms with E-state index < -0.39 is 0 Å². The van der Waals surface area contributed by atoms with Gasteiger partial charge in [-0.15, -0.1) is 0 Å². The fourth-order valence-electron chi connectivity index (χ4n) is 3.89.